The van der Waals surface area contributed by atoms with Gasteiger partial charge in [-0.3, -0.25) is 4.79 Å². The molecule has 0 amide bonds. The van der Waals surface area contributed by atoms with E-state index in [0.717, 1.165) is 18.2 Å². The van der Waals surface area contributed by atoms with Gasteiger partial charge >= 0.3 is 13.1 Å². The van der Waals surface area contributed by atoms with Crippen LogP contribution < -0.4 is 4.74 Å². The molecule has 0 radical (unpaired) electrons. The van der Waals surface area contributed by atoms with Crippen LogP contribution in [0.2, 0.25) is 0 Å². The maximum Gasteiger partial charge on any atom is 0.498 e. The van der Waals surface area contributed by atoms with E-state index < -0.39 is 36.1 Å². The lowest BCUT2D eigenvalue weighted by atomic mass is 9.76. The highest BCUT2D eigenvalue weighted by Crippen LogP contribution is 2.39. The first-order valence-corrected chi connectivity index (χ1v) is 10.2. The molecule has 1 aliphatic heterocycles. The van der Waals surface area contributed by atoms with Crippen LogP contribution >= 0.6 is 0 Å². The summed E-state index contributed by atoms with van der Waals surface area (Å²) in [5.41, 5.74) is -1.08. The summed E-state index contributed by atoms with van der Waals surface area (Å²) in [5.74, 6) is -1.52. The first kappa shape index (κ1) is 24.9. The molecule has 1 N–H and O–H groups in total. The van der Waals surface area contributed by atoms with E-state index in [1.807, 2.05) is 27.7 Å². The number of hydrogen-bond acceptors (Lipinski definition) is 6. The third-order valence-electron chi connectivity index (χ3n) is 5.32. The number of esters is 1. The molecular weight excluding hydrogens is 409 g/mol. The molecule has 0 unspecified atom stereocenters. The van der Waals surface area contributed by atoms with Crippen LogP contribution in [0.4, 0.5) is 8.78 Å². The summed E-state index contributed by atoms with van der Waals surface area (Å²) in [4.78, 5) is 11.8. The van der Waals surface area contributed by atoms with E-state index in [1.165, 1.54) is 6.07 Å². The summed E-state index contributed by atoms with van der Waals surface area (Å²) in [6.45, 7) is 10.9. The zero-order chi connectivity index (χ0) is 23.4. The lowest BCUT2D eigenvalue weighted by Crippen LogP contribution is -2.41. The smallest absolute Gasteiger partial charge is 0.498 e. The maximum atomic E-state index is 14.8. The van der Waals surface area contributed by atoms with Crippen molar-refractivity contribution < 1.29 is 37.5 Å². The van der Waals surface area contributed by atoms with Crippen molar-refractivity contribution in [3.8, 4) is 5.75 Å². The number of allylic oxidation sites excluding steroid dienone is 3. The zero-order valence-corrected chi connectivity index (χ0v) is 18.8. The number of aliphatic hydroxyl groups is 1. The van der Waals surface area contributed by atoms with Gasteiger partial charge in [-0.25, -0.2) is 4.39 Å². The standard InChI is InChI=1S/C22H29BF2O6/c1-7-17(26)16(23-30-21(3,4)22(5,6)31-23)13-19(25)29-18-12-15(24)10-9-14(18)11-20(27)28-8-2/h9-10,12-13,26H,7-8,11H2,1-6H3/b17-16-,19-13+. The van der Waals surface area contributed by atoms with Crippen molar-refractivity contribution in [1.82, 2.24) is 0 Å². The van der Waals surface area contributed by atoms with Gasteiger partial charge in [-0.05, 0) is 40.7 Å². The third-order valence-corrected chi connectivity index (χ3v) is 5.32. The van der Waals surface area contributed by atoms with Gasteiger partial charge in [0.15, 0.2) is 0 Å². The molecule has 170 valence electrons. The summed E-state index contributed by atoms with van der Waals surface area (Å²) in [5, 5.41) is 10.3. The number of aliphatic hydroxyl groups excluding tert-OH is 1. The van der Waals surface area contributed by atoms with E-state index in [2.05, 4.69) is 0 Å². The second kappa shape index (κ2) is 9.83. The Labute approximate surface area is 182 Å². The average molecular weight is 438 g/mol. The van der Waals surface area contributed by atoms with Gasteiger partial charge in [0.05, 0.1) is 30.0 Å². The summed E-state index contributed by atoms with van der Waals surface area (Å²) in [6.07, 6.45) is 0.939. The Bertz CT molecular complexity index is 863. The zero-order valence-electron chi connectivity index (χ0n) is 18.8. The molecule has 1 fully saturated rings. The molecule has 2 rings (SSSR count). The number of carbonyl (C=O) groups is 1. The molecule has 0 aromatic heterocycles. The molecule has 6 nitrogen and oxygen atoms in total. The maximum absolute atomic E-state index is 14.8. The monoisotopic (exact) mass is 438 g/mol. The van der Waals surface area contributed by atoms with Crippen molar-refractivity contribution in [2.45, 2.75) is 65.6 Å². The highest BCUT2D eigenvalue weighted by molar-refractivity contribution is 6.55. The molecule has 0 aliphatic carbocycles. The van der Waals surface area contributed by atoms with E-state index in [-0.39, 0.29) is 42.0 Å². The van der Waals surface area contributed by atoms with Gasteiger partial charge in [0.25, 0.3) is 6.01 Å². The topological polar surface area (TPSA) is 74.2 Å². The summed E-state index contributed by atoms with van der Waals surface area (Å²) in [6, 6.07) is 2.31. The van der Waals surface area contributed by atoms with Crippen LogP contribution in [0.15, 0.2) is 41.5 Å². The van der Waals surface area contributed by atoms with Crippen LogP contribution in [0.5, 0.6) is 5.75 Å². The molecular formula is C22H29BF2O6. The Morgan fingerprint density at radius 1 is 1.19 bits per heavy atom. The molecule has 1 aliphatic rings. The normalized spacial score (nSPS) is 18.6. The molecule has 0 bridgehead atoms. The van der Waals surface area contributed by atoms with Gasteiger partial charge < -0.3 is 23.9 Å². The minimum atomic E-state index is -1.12. The van der Waals surface area contributed by atoms with Crippen molar-refractivity contribution in [2.75, 3.05) is 6.61 Å². The predicted octanol–water partition coefficient (Wildman–Crippen LogP) is 4.97. The summed E-state index contributed by atoms with van der Waals surface area (Å²) in [7, 11) is -1.02. The molecule has 1 heterocycles. The second-order valence-corrected chi connectivity index (χ2v) is 8.13. The largest absolute Gasteiger partial charge is 0.513 e. The fourth-order valence-corrected chi connectivity index (χ4v) is 2.86. The molecule has 0 atom stereocenters. The molecule has 1 aromatic rings. The van der Waals surface area contributed by atoms with Crippen molar-refractivity contribution >= 4 is 13.1 Å². The summed E-state index contributed by atoms with van der Waals surface area (Å²) < 4.78 is 50.4. The Balaban J connectivity index is 2.32. The van der Waals surface area contributed by atoms with E-state index in [0.29, 0.717) is 0 Å². The van der Waals surface area contributed by atoms with Gasteiger partial charge in [0, 0.05) is 29.6 Å². The molecule has 0 saturated carbocycles. The number of benzene rings is 1. The van der Waals surface area contributed by atoms with Gasteiger partial charge in [-0.2, -0.15) is 4.39 Å². The fraction of sp³-hybridized carbons (Fsp3) is 0.500. The highest BCUT2D eigenvalue weighted by atomic mass is 19.1. The van der Waals surface area contributed by atoms with Crippen molar-refractivity contribution in [3.63, 3.8) is 0 Å². The van der Waals surface area contributed by atoms with Gasteiger partial charge in [-0.1, -0.05) is 13.0 Å². The molecule has 1 saturated heterocycles. The number of halogens is 2. The molecule has 31 heavy (non-hydrogen) atoms. The molecule has 9 heteroatoms. The molecule has 0 spiro atoms. The second-order valence-electron chi connectivity index (χ2n) is 8.13. The van der Waals surface area contributed by atoms with Gasteiger partial charge in [0.1, 0.15) is 11.6 Å². The third kappa shape index (κ3) is 6.07. The highest BCUT2D eigenvalue weighted by Gasteiger charge is 2.52. The first-order valence-electron chi connectivity index (χ1n) is 10.2. The number of rotatable bonds is 8. The van der Waals surface area contributed by atoms with Crippen molar-refractivity contribution in [1.29, 1.82) is 0 Å². The van der Waals surface area contributed by atoms with Gasteiger partial charge in [0.2, 0.25) is 0 Å². The minimum Gasteiger partial charge on any atom is -0.513 e. The Hall–Kier alpha value is -2.39. The van der Waals surface area contributed by atoms with Crippen LogP contribution in [-0.2, 0) is 25.3 Å². The lowest BCUT2D eigenvalue weighted by Gasteiger charge is -2.32. The Kier molecular flexibility index (Phi) is 7.89. The SMILES string of the molecule is CCOC(=O)Cc1ccc(F)cc1O/C(F)=C/C(B1OC(C)(C)C(C)(C)O1)=C(/O)CC. The number of hydrogen-bond donors (Lipinski definition) is 1. The average Bonchev–Trinajstić information content (AvgIpc) is 2.88. The predicted molar refractivity (Wildman–Crippen MR) is 113 cm³/mol. The van der Waals surface area contributed by atoms with Gasteiger partial charge in [-0.15, -0.1) is 0 Å². The van der Waals surface area contributed by atoms with Crippen LogP contribution in [0, 0.1) is 5.82 Å². The van der Waals surface area contributed by atoms with E-state index in [1.54, 1.807) is 13.8 Å². The number of ether oxygens (including phenoxy) is 2. The van der Waals surface area contributed by atoms with E-state index >= 15 is 0 Å². The fourth-order valence-electron chi connectivity index (χ4n) is 2.86. The van der Waals surface area contributed by atoms with Crippen LogP contribution in [0.3, 0.4) is 0 Å². The number of carbonyl (C=O) groups excluding carboxylic acids is 1. The molecule has 1 aromatic carbocycles. The van der Waals surface area contributed by atoms with Crippen LogP contribution in [-0.4, -0.2) is 36.0 Å². The van der Waals surface area contributed by atoms with Crippen molar-refractivity contribution in [3.05, 3.63) is 52.9 Å². The Morgan fingerprint density at radius 2 is 1.81 bits per heavy atom. The quantitative estimate of drug-likeness (QED) is 0.267. The first-order chi connectivity index (χ1) is 14.4. The van der Waals surface area contributed by atoms with E-state index in [9.17, 15) is 18.7 Å². The minimum absolute atomic E-state index is 0.0574. The van der Waals surface area contributed by atoms with Crippen LogP contribution in [0.25, 0.3) is 0 Å². The van der Waals surface area contributed by atoms with Crippen LogP contribution in [0.1, 0.15) is 53.5 Å². The Morgan fingerprint density at radius 3 is 2.35 bits per heavy atom. The van der Waals surface area contributed by atoms with E-state index in [4.69, 9.17) is 18.8 Å². The lowest BCUT2D eigenvalue weighted by molar-refractivity contribution is -0.142. The van der Waals surface area contributed by atoms with Crippen molar-refractivity contribution in [2.24, 2.45) is 0 Å². The summed E-state index contributed by atoms with van der Waals surface area (Å²) >= 11 is 0.